The van der Waals surface area contributed by atoms with Gasteiger partial charge in [0.15, 0.2) is 11.0 Å². The lowest BCUT2D eigenvalue weighted by Gasteiger charge is -2.10. The average Bonchev–Trinajstić information content (AvgIpc) is 3.40. The summed E-state index contributed by atoms with van der Waals surface area (Å²) in [5, 5.41) is 14.0. The topological polar surface area (TPSA) is 77.1 Å². The number of aromatic nitrogens is 4. The SMILES string of the molecule is Cc1ccc(-n2c(SCC(=O)N/N=C\c3cccn3C)nnc2-c2ccc(Cl)cc2)cc1. The van der Waals surface area contributed by atoms with Gasteiger partial charge in [0.2, 0.25) is 0 Å². The summed E-state index contributed by atoms with van der Waals surface area (Å²) in [6.45, 7) is 2.03. The lowest BCUT2D eigenvalue weighted by atomic mass is 10.2. The Morgan fingerprint density at radius 1 is 1.12 bits per heavy atom. The fraction of sp³-hybridized carbons (Fsp3) is 0.130. The van der Waals surface area contributed by atoms with Gasteiger partial charge in [-0.25, -0.2) is 5.43 Å². The monoisotopic (exact) mass is 464 g/mol. The maximum atomic E-state index is 12.3. The van der Waals surface area contributed by atoms with Crippen LogP contribution in [0, 0.1) is 6.92 Å². The average molecular weight is 465 g/mol. The molecule has 0 bridgehead atoms. The smallest absolute Gasteiger partial charge is 0.250 e. The third kappa shape index (κ3) is 5.09. The van der Waals surface area contributed by atoms with Gasteiger partial charge in [-0.15, -0.1) is 10.2 Å². The van der Waals surface area contributed by atoms with E-state index in [9.17, 15) is 4.79 Å². The van der Waals surface area contributed by atoms with Gasteiger partial charge in [-0.1, -0.05) is 41.1 Å². The Kier molecular flexibility index (Phi) is 6.72. The second-order valence-corrected chi connectivity index (χ2v) is 8.49. The van der Waals surface area contributed by atoms with E-state index in [0.717, 1.165) is 22.5 Å². The molecule has 0 aliphatic rings. The second-order valence-electron chi connectivity index (χ2n) is 7.11. The molecule has 0 radical (unpaired) electrons. The van der Waals surface area contributed by atoms with Crippen LogP contribution in [0.5, 0.6) is 0 Å². The van der Waals surface area contributed by atoms with Crippen molar-refractivity contribution in [1.29, 1.82) is 0 Å². The van der Waals surface area contributed by atoms with Crippen LogP contribution in [0.2, 0.25) is 5.02 Å². The molecule has 162 valence electrons. The predicted molar refractivity (Wildman–Crippen MR) is 128 cm³/mol. The fourth-order valence-corrected chi connectivity index (χ4v) is 3.89. The standard InChI is InChI=1S/C23H21ClN6OS/c1-16-5-11-19(12-6-16)30-22(17-7-9-18(24)10-8-17)27-28-23(30)32-15-21(31)26-25-14-20-4-3-13-29(20)2/h3-14H,15H2,1-2H3,(H,26,31)/b25-14-. The summed E-state index contributed by atoms with van der Waals surface area (Å²) in [5.41, 5.74) is 6.39. The van der Waals surface area contributed by atoms with E-state index in [4.69, 9.17) is 11.6 Å². The van der Waals surface area contributed by atoms with Crippen molar-refractivity contribution in [3.05, 3.63) is 83.1 Å². The Bertz CT molecular complexity index is 1240. The highest BCUT2D eigenvalue weighted by atomic mass is 35.5. The van der Waals surface area contributed by atoms with Crippen LogP contribution in [0.4, 0.5) is 0 Å². The zero-order valence-electron chi connectivity index (χ0n) is 17.6. The van der Waals surface area contributed by atoms with Crippen molar-refractivity contribution in [3.63, 3.8) is 0 Å². The predicted octanol–water partition coefficient (Wildman–Crippen LogP) is 4.48. The first-order valence-electron chi connectivity index (χ1n) is 9.86. The molecule has 2 aromatic heterocycles. The van der Waals surface area contributed by atoms with Crippen LogP contribution in [0.15, 0.2) is 77.1 Å². The highest BCUT2D eigenvalue weighted by molar-refractivity contribution is 7.99. The molecular weight excluding hydrogens is 444 g/mol. The van der Waals surface area contributed by atoms with Gasteiger partial charge in [-0.3, -0.25) is 9.36 Å². The molecule has 7 nitrogen and oxygen atoms in total. The molecular formula is C23H21ClN6OS. The highest BCUT2D eigenvalue weighted by Crippen LogP contribution is 2.28. The maximum Gasteiger partial charge on any atom is 0.250 e. The Hall–Kier alpha value is -3.36. The Labute approximate surface area is 195 Å². The van der Waals surface area contributed by atoms with Crippen molar-refractivity contribution < 1.29 is 4.79 Å². The van der Waals surface area contributed by atoms with E-state index >= 15 is 0 Å². The molecule has 0 spiro atoms. The van der Waals surface area contributed by atoms with Crippen LogP contribution in [-0.2, 0) is 11.8 Å². The summed E-state index contributed by atoms with van der Waals surface area (Å²) in [5.74, 6) is 0.594. The lowest BCUT2D eigenvalue weighted by molar-refractivity contribution is -0.118. The molecule has 0 fully saturated rings. The molecule has 9 heteroatoms. The zero-order chi connectivity index (χ0) is 22.5. The lowest BCUT2D eigenvalue weighted by Crippen LogP contribution is -2.20. The van der Waals surface area contributed by atoms with Gasteiger partial charge in [0.05, 0.1) is 17.7 Å². The summed E-state index contributed by atoms with van der Waals surface area (Å²) < 4.78 is 3.85. The molecule has 0 unspecified atom stereocenters. The first-order chi connectivity index (χ1) is 15.5. The van der Waals surface area contributed by atoms with Crippen LogP contribution < -0.4 is 5.43 Å². The summed E-state index contributed by atoms with van der Waals surface area (Å²) in [6.07, 6.45) is 3.52. The highest BCUT2D eigenvalue weighted by Gasteiger charge is 2.17. The third-order valence-corrected chi connectivity index (χ3v) is 5.91. The van der Waals surface area contributed by atoms with Gasteiger partial charge in [0.1, 0.15) is 0 Å². The number of amides is 1. The number of hydrogen-bond donors (Lipinski definition) is 1. The van der Waals surface area contributed by atoms with Crippen LogP contribution in [-0.4, -0.2) is 37.2 Å². The van der Waals surface area contributed by atoms with Gasteiger partial charge in [0, 0.05) is 29.5 Å². The van der Waals surface area contributed by atoms with E-state index in [-0.39, 0.29) is 11.7 Å². The van der Waals surface area contributed by atoms with Crippen molar-refractivity contribution >= 4 is 35.5 Å². The quantitative estimate of drug-likeness (QED) is 0.248. The number of rotatable bonds is 7. The van der Waals surface area contributed by atoms with Crippen molar-refractivity contribution in [1.82, 2.24) is 24.8 Å². The molecule has 4 rings (SSSR count). The van der Waals surface area contributed by atoms with E-state index in [1.165, 1.54) is 11.8 Å². The maximum absolute atomic E-state index is 12.3. The fourth-order valence-electron chi connectivity index (χ4n) is 3.02. The van der Waals surface area contributed by atoms with Crippen LogP contribution >= 0.6 is 23.4 Å². The minimum absolute atomic E-state index is 0.148. The number of halogens is 1. The summed E-state index contributed by atoms with van der Waals surface area (Å²) in [7, 11) is 1.91. The Morgan fingerprint density at radius 2 is 1.88 bits per heavy atom. The number of nitrogens with zero attached hydrogens (tertiary/aromatic N) is 5. The van der Waals surface area contributed by atoms with Crippen LogP contribution in [0.25, 0.3) is 17.1 Å². The van der Waals surface area contributed by atoms with Crippen molar-refractivity contribution in [3.8, 4) is 17.1 Å². The van der Waals surface area contributed by atoms with E-state index in [2.05, 4.69) is 20.7 Å². The normalized spacial score (nSPS) is 11.2. The Morgan fingerprint density at radius 3 is 2.56 bits per heavy atom. The van der Waals surface area contributed by atoms with E-state index in [0.29, 0.717) is 16.0 Å². The molecule has 4 aromatic rings. The minimum atomic E-state index is -0.230. The van der Waals surface area contributed by atoms with Crippen molar-refractivity contribution in [2.24, 2.45) is 12.1 Å². The minimum Gasteiger partial charge on any atom is -0.350 e. The number of carbonyl (C=O) groups excluding carboxylic acids is 1. The van der Waals surface area contributed by atoms with E-state index in [1.807, 2.05) is 90.0 Å². The van der Waals surface area contributed by atoms with Gasteiger partial charge >= 0.3 is 0 Å². The van der Waals surface area contributed by atoms with Crippen molar-refractivity contribution in [2.75, 3.05) is 5.75 Å². The second kappa shape index (κ2) is 9.84. The first-order valence-corrected chi connectivity index (χ1v) is 11.2. The summed E-state index contributed by atoms with van der Waals surface area (Å²) in [4.78, 5) is 12.3. The molecule has 0 atom stereocenters. The largest absolute Gasteiger partial charge is 0.350 e. The van der Waals surface area contributed by atoms with E-state index in [1.54, 1.807) is 6.21 Å². The number of aryl methyl sites for hydroxylation is 2. The zero-order valence-corrected chi connectivity index (χ0v) is 19.1. The third-order valence-electron chi connectivity index (χ3n) is 4.73. The molecule has 32 heavy (non-hydrogen) atoms. The molecule has 0 aliphatic carbocycles. The van der Waals surface area contributed by atoms with Gasteiger partial charge in [0.25, 0.3) is 5.91 Å². The van der Waals surface area contributed by atoms with Gasteiger partial charge < -0.3 is 4.57 Å². The molecule has 1 N–H and O–H groups in total. The van der Waals surface area contributed by atoms with Gasteiger partial charge in [-0.05, 0) is 55.5 Å². The summed E-state index contributed by atoms with van der Waals surface area (Å²) >= 11 is 7.34. The molecule has 2 aromatic carbocycles. The summed E-state index contributed by atoms with van der Waals surface area (Å²) in [6, 6.07) is 19.3. The molecule has 2 heterocycles. The van der Waals surface area contributed by atoms with Crippen LogP contribution in [0.1, 0.15) is 11.3 Å². The van der Waals surface area contributed by atoms with Gasteiger partial charge in [-0.2, -0.15) is 5.10 Å². The number of hydrogen-bond acceptors (Lipinski definition) is 5. The number of hydrazone groups is 1. The number of thioether (sulfide) groups is 1. The molecule has 0 saturated carbocycles. The number of benzene rings is 2. The first kappa shape index (κ1) is 21.9. The van der Waals surface area contributed by atoms with E-state index < -0.39 is 0 Å². The number of nitrogens with one attached hydrogen (secondary N) is 1. The molecule has 0 aliphatic heterocycles. The van der Waals surface area contributed by atoms with Crippen LogP contribution in [0.3, 0.4) is 0 Å². The molecule has 0 saturated heterocycles. The van der Waals surface area contributed by atoms with Crippen molar-refractivity contribution in [2.45, 2.75) is 12.1 Å². The number of carbonyl (C=O) groups is 1. The Balaban J connectivity index is 1.53. The molecule has 1 amide bonds.